The number of para-hydroxylation sites is 1. The lowest BCUT2D eigenvalue weighted by atomic mass is 9.93. The van der Waals surface area contributed by atoms with Gasteiger partial charge in [0.15, 0.2) is 0 Å². The normalized spacial score (nSPS) is 17.1. The standard InChI is InChI=1S/C34H28ClN5O5S/c1-23-29(33(41)39(34(42)30(23)20-36)21-25-7-5-6-10-31(25)35)19-26-22-40(27-8-3-2-4-9-27)37-32(26)24-11-13-28(14-12-24)46(43,44)38-15-17-45-18-16-38/h2-14,19,22H,15-18,21H2,1H3/b29-19+. The van der Waals surface area contributed by atoms with E-state index in [0.717, 1.165) is 10.6 Å². The Bertz CT molecular complexity index is 2040. The number of benzene rings is 3. The van der Waals surface area contributed by atoms with Gasteiger partial charge in [-0.25, -0.2) is 13.1 Å². The van der Waals surface area contributed by atoms with E-state index in [-0.39, 0.29) is 41.2 Å². The molecule has 2 amide bonds. The minimum Gasteiger partial charge on any atom is -0.379 e. The Balaban J connectivity index is 1.44. The number of sulfonamides is 1. The zero-order valence-electron chi connectivity index (χ0n) is 24.8. The molecule has 1 fully saturated rings. The molecule has 0 unspecified atom stereocenters. The zero-order chi connectivity index (χ0) is 32.4. The highest BCUT2D eigenvalue weighted by molar-refractivity contribution is 7.89. The highest BCUT2D eigenvalue weighted by Crippen LogP contribution is 2.33. The summed E-state index contributed by atoms with van der Waals surface area (Å²) < 4.78 is 34.8. The van der Waals surface area contributed by atoms with E-state index in [2.05, 4.69) is 0 Å². The van der Waals surface area contributed by atoms with Gasteiger partial charge in [0, 0.05) is 41.0 Å². The number of carbonyl (C=O) groups is 2. The number of carbonyl (C=O) groups excluding carboxylic acids is 2. The number of hydrogen-bond donors (Lipinski definition) is 0. The largest absolute Gasteiger partial charge is 0.379 e. The van der Waals surface area contributed by atoms with Crippen LogP contribution in [0.5, 0.6) is 0 Å². The summed E-state index contributed by atoms with van der Waals surface area (Å²) in [5, 5.41) is 15.1. The average molecular weight is 654 g/mol. The van der Waals surface area contributed by atoms with Gasteiger partial charge in [-0.05, 0) is 54.5 Å². The molecule has 0 atom stereocenters. The number of halogens is 1. The lowest BCUT2D eigenvalue weighted by Crippen LogP contribution is -2.42. The van der Waals surface area contributed by atoms with Gasteiger partial charge in [-0.2, -0.15) is 14.7 Å². The summed E-state index contributed by atoms with van der Waals surface area (Å²) in [5.41, 5.74) is 3.19. The number of imide groups is 1. The van der Waals surface area contributed by atoms with Gasteiger partial charge in [0.2, 0.25) is 10.0 Å². The van der Waals surface area contributed by atoms with Crippen LogP contribution in [0.25, 0.3) is 23.0 Å². The second-order valence-electron chi connectivity index (χ2n) is 10.7. The van der Waals surface area contributed by atoms with E-state index in [1.807, 2.05) is 36.4 Å². The van der Waals surface area contributed by atoms with Crippen molar-refractivity contribution in [2.75, 3.05) is 26.3 Å². The molecule has 3 aromatic carbocycles. The predicted molar refractivity (Wildman–Crippen MR) is 172 cm³/mol. The molecule has 2 aliphatic heterocycles. The van der Waals surface area contributed by atoms with E-state index in [4.69, 9.17) is 21.4 Å². The van der Waals surface area contributed by atoms with Crippen molar-refractivity contribution in [1.29, 1.82) is 5.26 Å². The molecule has 0 N–H and O–H groups in total. The molecule has 232 valence electrons. The minimum absolute atomic E-state index is 0.109. The van der Waals surface area contributed by atoms with Gasteiger partial charge in [-0.3, -0.25) is 14.5 Å². The number of hydrogen-bond acceptors (Lipinski definition) is 7. The van der Waals surface area contributed by atoms with Crippen LogP contribution in [0.2, 0.25) is 5.02 Å². The van der Waals surface area contributed by atoms with Crippen molar-refractivity contribution in [1.82, 2.24) is 19.0 Å². The third kappa shape index (κ3) is 5.91. The van der Waals surface area contributed by atoms with Crippen molar-refractivity contribution >= 4 is 39.5 Å². The number of rotatable bonds is 7. The van der Waals surface area contributed by atoms with Crippen molar-refractivity contribution in [2.45, 2.75) is 18.4 Å². The highest BCUT2D eigenvalue weighted by atomic mass is 35.5. The second kappa shape index (κ2) is 12.9. The van der Waals surface area contributed by atoms with Crippen molar-refractivity contribution in [3.8, 4) is 23.0 Å². The minimum atomic E-state index is -3.71. The summed E-state index contributed by atoms with van der Waals surface area (Å²) in [6.45, 7) is 2.71. The first-order valence-corrected chi connectivity index (χ1v) is 16.3. The lowest BCUT2D eigenvalue weighted by Gasteiger charge is -2.27. The molecule has 2 aliphatic rings. The smallest absolute Gasteiger partial charge is 0.271 e. The molecule has 4 aromatic rings. The quantitative estimate of drug-likeness (QED) is 0.203. The maximum atomic E-state index is 13.9. The fraction of sp³-hybridized carbons (Fsp3) is 0.176. The summed E-state index contributed by atoms with van der Waals surface area (Å²) in [5.74, 6) is -1.27. The number of amides is 2. The molecule has 3 heterocycles. The molecular formula is C34H28ClN5O5S. The van der Waals surface area contributed by atoms with Gasteiger partial charge in [0.05, 0.1) is 36.0 Å². The van der Waals surface area contributed by atoms with Crippen LogP contribution in [0.4, 0.5) is 0 Å². The molecular weight excluding hydrogens is 626 g/mol. The van der Waals surface area contributed by atoms with E-state index in [1.54, 1.807) is 60.3 Å². The molecule has 10 nitrogen and oxygen atoms in total. The summed E-state index contributed by atoms with van der Waals surface area (Å²) in [6, 6.07) is 24.6. The fourth-order valence-corrected chi connectivity index (χ4v) is 6.98. The van der Waals surface area contributed by atoms with Gasteiger partial charge in [-0.1, -0.05) is 60.1 Å². The molecule has 12 heteroatoms. The number of ether oxygens (including phenoxy) is 1. The van der Waals surface area contributed by atoms with Crippen LogP contribution in [0, 0.1) is 11.3 Å². The third-order valence-corrected chi connectivity index (χ3v) is 10.2. The molecule has 1 aromatic heterocycles. The van der Waals surface area contributed by atoms with Crippen LogP contribution in [-0.4, -0.2) is 65.5 Å². The Kier molecular flexibility index (Phi) is 8.71. The van der Waals surface area contributed by atoms with Crippen LogP contribution in [0.1, 0.15) is 18.1 Å². The van der Waals surface area contributed by atoms with Crippen LogP contribution in [0.3, 0.4) is 0 Å². The summed E-state index contributed by atoms with van der Waals surface area (Å²) in [6.07, 6.45) is 3.36. The Morgan fingerprint density at radius 3 is 2.30 bits per heavy atom. The van der Waals surface area contributed by atoms with E-state index >= 15 is 0 Å². The zero-order valence-corrected chi connectivity index (χ0v) is 26.3. The monoisotopic (exact) mass is 653 g/mol. The lowest BCUT2D eigenvalue weighted by molar-refractivity contribution is -0.141. The summed E-state index contributed by atoms with van der Waals surface area (Å²) in [4.78, 5) is 28.3. The van der Waals surface area contributed by atoms with Crippen molar-refractivity contribution in [2.24, 2.45) is 0 Å². The molecule has 46 heavy (non-hydrogen) atoms. The number of nitriles is 1. The SMILES string of the molecule is CC1=C(C#N)C(=O)N(Cc2ccccc2Cl)C(=O)/C1=C/c1cn(-c2ccccc2)nc1-c1ccc(S(=O)(=O)N2CCOCC2)cc1. The van der Waals surface area contributed by atoms with E-state index in [9.17, 15) is 23.3 Å². The van der Waals surface area contributed by atoms with E-state index in [1.165, 1.54) is 16.4 Å². The van der Waals surface area contributed by atoms with Crippen LogP contribution < -0.4 is 0 Å². The third-order valence-electron chi connectivity index (χ3n) is 7.91. The first-order chi connectivity index (χ1) is 22.2. The molecule has 0 bridgehead atoms. The van der Waals surface area contributed by atoms with Crippen molar-refractivity contribution < 1.29 is 22.7 Å². The second-order valence-corrected chi connectivity index (χ2v) is 13.1. The first kappa shape index (κ1) is 31.1. The maximum absolute atomic E-state index is 13.9. The van der Waals surface area contributed by atoms with Crippen LogP contribution in [0.15, 0.2) is 107 Å². The van der Waals surface area contributed by atoms with Gasteiger partial charge >= 0.3 is 0 Å². The molecule has 0 aliphatic carbocycles. The molecule has 0 radical (unpaired) electrons. The Labute approximate surface area is 271 Å². The molecule has 0 spiro atoms. The van der Waals surface area contributed by atoms with Gasteiger partial charge in [0.1, 0.15) is 11.6 Å². The molecule has 0 saturated carbocycles. The number of nitrogens with zero attached hydrogens (tertiary/aromatic N) is 5. The van der Waals surface area contributed by atoms with Crippen molar-refractivity contribution in [3.05, 3.63) is 118 Å². The van der Waals surface area contributed by atoms with E-state index in [0.29, 0.717) is 40.6 Å². The van der Waals surface area contributed by atoms with Crippen molar-refractivity contribution in [3.63, 3.8) is 0 Å². The van der Waals surface area contributed by atoms with E-state index < -0.39 is 21.8 Å². The molecule has 6 rings (SSSR count). The number of aromatic nitrogens is 2. The summed E-state index contributed by atoms with van der Waals surface area (Å²) in [7, 11) is -3.71. The van der Waals surface area contributed by atoms with Gasteiger partial charge < -0.3 is 4.74 Å². The van der Waals surface area contributed by atoms with Crippen LogP contribution in [-0.2, 0) is 30.9 Å². The Morgan fingerprint density at radius 2 is 1.63 bits per heavy atom. The van der Waals surface area contributed by atoms with Gasteiger partial charge in [0.25, 0.3) is 11.8 Å². The van der Waals surface area contributed by atoms with Crippen LogP contribution >= 0.6 is 11.6 Å². The Morgan fingerprint density at radius 1 is 0.957 bits per heavy atom. The highest BCUT2D eigenvalue weighted by Gasteiger charge is 2.36. The first-order valence-electron chi connectivity index (χ1n) is 14.4. The topological polar surface area (TPSA) is 126 Å². The Hall–Kier alpha value is -4.86. The summed E-state index contributed by atoms with van der Waals surface area (Å²) >= 11 is 6.34. The average Bonchev–Trinajstić information content (AvgIpc) is 3.51. The molecule has 1 saturated heterocycles. The maximum Gasteiger partial charge on any atom is 0.271 e. The number of morpholine rings is 1. The van der Waals surface area contributed by atoms with Gasteiger partial charge in [-0.15, -0.1) is 0 Å². The predicted octanol–water partition coefficient (Wildman–Crippen LogP) is 5.01. The fourth-order valence-electron chi connectivity index (χ4n) is 5.38.